The van der Waals surface area contributed by atoms with Gasteiger partial charge in [0.1, 0.15) is 5.82 Å². The van der Waals surface area contributed by atoms with E-state index in [1.165, 1.54) is 6.07 Å². The minimum Gasteiger partial charge on any atom is -0.394 e. The van der Waals surface area contributed by atoms with Crippen molar-refractivity contribution < 1.29 is 14.6 Å². The molecule has 0 fully saturated rings. The molecule has 0 saturated carbocycles. The fourth-order valence-electron chi connectivity index (χ4n) is 1.64. The number of aliphatic hydroxyl groups is 2. The molecule has 0 amide bonds. The molecule has 1 unspecified atom stereocenters. The summed E-state index contributed by atoms with van der Waals surface area (Å²) in [6.07, 6.45) is -0.385. The Morgan fingerprint density at radius 1 is 1.33 bits per heavy atom. The number of likely N-dealkylation sites (N-methyl/N-ethyl adjacent to an activating group) is 1. The monoisotopic (exact) mass is 255 g/mol. The molecule has 0 aromatic heterocycles. The molecule has 0 saturated heterocycles. The predicted molar refractivity (Wildman–Crippen MR) is 69.8 cm³/mol. The molecule has 0 heterocycles. The van der Waals surface area contributed by atoms with Crippen molar-refractivity contribution in [2.45, 2.75) is 31.9 Å². The summed E-state index contributed by atoms with van der Waals surface area (Å²) in [6, 6.07) is 6.26. The Hall–Kier alpha value is -0.970. The zero-order valence-corrected chi connectivity index (χ0v) is 11.2. The second kappa shape index (κ2) is 6.27. The summed E-state index contributed by atoms with van der Waals surface area (Å²) in [6.45, 7) is 4.47. The molecule has 1 aromatic carbocycles. The normalized spacial score (nSPS) is 13.9. The largest absolute Gasteiger partial charge is 0.394 e. The Labute approximate surface area is 108 Å². The van der Waals surface area contributed by atoms with Crippen molar-refractivity contribution in [2.75, 3.05) is 20.2 Å². The van der Waals surface area contributed by atoms with E-state index in [9.17, 15) is 14.6 Å². The number of aliphatic hydroxyl groups excluding tert-OH is 2. The van der Waals surface area contributed by atoms with Gasteiger partial charge in [-0.1, -0.05) is 18.2 Å². The van der Waals surface area contributed by atoms with Crippen LogP contribution in [0.25, 0.3) is 0 Å². The van der Waals surface area contributed by atoms with Gasteiger partial charge < -0.3 is 10.2 Å². The second-order valence-corrected chi connectivity index (χ2v) is 5.22. The van der Waals surface area contributed by atoms with Crippen molar-refractivity contribution in [1.82, 2.24) is 4.90 Å². The summed E-state index contributed by atoms with van der Waals surface area (Å²) >= 11 is 0. The molecule has 4 heteroatoms. The number of benzene rings is 1. The number of nitrogens with zero attached hydrogens (tertiary/aromatic N) is 1. The van der Waals surface area contributed by atoms with Gasteiger partial charge in [-0.3, -0.25) is 4.90 Å². The highest BCUT2D eigenvalue weighted by molar-refractivity contribution is 5.19. The van der Waals surface area contributed by atoms with Crippen LogP contribution in [0.3, 0.4) is 0 Å². The van der Waals surface area contributed by atoms with E-state index in [2.05, 4.69) is 0 Å². The molecule has 3 nitrogen and oxygen atoms in total. The van der Waals surface area contributed by atoms with Gasteiger partial charge in [0.25, 0.3) is 0 Å². The van der Waals surface area contributed by atoms with Gasteiger partial charge in [-0.05, 0) is 33.4 Å². The molecule has 1 rings (SSSR count). The minimum atomic E-state index is -0.817. The molecule has 0 radical (unpaired) electrons. The SMILES string of the molecule is CN(CCC(O)c1ccccc1F)C(C)(C)CO. The summed E-state index contributed by atoms with van der Waals surface area (Å²) in [7, 11) is 1.88. The lowest BCUT2D eigenvalue weighted by Crippen LogP contribution is -2.44. The zero-order chi connectivity index (χ0) is 13.8. The molecular weight excluding hydrogens is 233 g/mol. The molecule has 0 aliphatic rings. The molecule has 1 atom stereocenters. The lowest BCUT2D eigenvalue weighted by Gasteiger charge is -2.34. The van der Waals surface area contributed by atoms with Crippen LogP contribution < -0.4 is 0 Å². The van der Waals surface area contributed by atoms with E-state index in [1.54, 1.807) is 18.2 Å². The van der Waals surface area contributed by atoms with Crippen LogP contribution in [0.15, 0.2) is 24.3 Å². The first-order valence-electron chi connectivity index (χ1n) is 6.13. The lowest BCUT2D eigenvalue weighted by molar-refractivity contribution is 0.0613. The van der Waals surface area contributed by atoms with Crippen molar-refractivity contribution >= 4 is 0 Å². The number of hydrogen-bond donors (Lipinski definition) is 2. The van der Waals surface area contributed by atoms with Gasteiger partial charge in [0.2, 0.25) is 0 Å². The number of hydrogen-bond acceptors (Lipinski definition) is 3. The first-order valence-corrected chi connectivity index (χ1v) is 6.13. The highest BCUT2D eigenvalue weighted by Gasteiger charge is 2.23. The molecule has 0 aliphatic heterocycles. The standard InChI is InChI=1S/C14H22FNO2/c1-14(2,10-17)16(3)9-8-13(18)11-6-4-5-7-12(11)15/h4-7,13,17-18H,8-10H2,1-3H3. The topological polar surface area (TPSA) is 43.7 Å². The second-order valence-electron chi connectivity index (χ2n) is 5.22. The van der Waals surface area contributed by atoms with Crippen LogP contribution in [0, 0.1) is 5.82 Å². The third-order valence-electron chi connectivity index (χ3n) is 3.42. The highest BCUT2D eigenvalue weighted by atomic mass is 19.1. The van der Waals surface area contributed by atoms with E-state index in [0.29, 0.717) is 18.5 Å². The van der Waals surface area contributed by atoms with E-state index in [-0.39, 0.29) is 18.0 Å². The molecular formula is C14H22FNO2. The van der Waals surface area contributed by atoms with E-state index in [0.717, 1.165) is 0 Å². The van der Waals surface area contributed by atoms with Crippen LogP contribution in [-0.4, -0.2) is 40.9 Å². The van der Waals surface area contributed by atoms with Crippen LogP contribution in [0.4, 0.5) is 4.39 Å². The van der Waals surface area contributed by atoms with E-state index < -0.39 is 6.10 Å². The average molecular weight is 255 g/mol. The molecule has 2 N–H and O–H groups in total. The summed E-state index contributed by atoms with van der Waals surface area (Å²) in [4.78, 5) is 1.96. The molecule has 0 aliphatic carbocycles. The number of halogens is 1. The van der Waals surface area contributed by atoms with Gasteiger partial charge in [0, 0.05) is 17.6 Å². The summed E-state index contributed by atoms with van der Waals surface area (Å²) < 4.78 is 13.5. The molecule has 102 valence electrons. The van der Waals surface area contributed by atoms with Gasteiger partial charge in [0.05, 0.1) is 12.7 Å². The van der Waals surface area contributed by atoms with Gasteiger partial charge in [-0.25, -0.2) is 4.39 Å². The van der Waals surface area contributed by atoms with Crippen molar-refractivity contribution in [3.63, 3.8) is 0 Å². The maximum atomic E-state index is 13.5. The molecule has 0 spiro atoms. The first-order chi connectivity index (χ1) is 8.38. The summed E-state index contributed by atoms with van der Waals surface area (Å²) in [5.74, 6) is -0.380. The van der Waals surface area contributed by atoms with E-state index >= 15 is 0 Å². The zero-order valence-electron chi connectivity index (χ0n) is 11.2. The molecule has 18 heavy (non-hydrogen) atoms. The number of rotatable bonds is 6. The van der Waals surface area contributed by atoms with Gasteiger partial charge >= 0.3 is 0 Å². The smallest absolute Gasteiger partial charge is 0.128 e. The Morgan fingerprint density at radius 2 is 1.94 bits per heavy atom. The quantitative estimate of drug-likeness (QED) is 0.816. The van der Waals surface area contributed by atoms with Crippen LogP contribution in [-0.2, 0) is 0 Å². The fraction of sp³-hybridized carbons (Fsp3) is 0.571. The van der Waals surface area contributed by atoms with E-state index in [4.69, 9.17) is 0 Å². The maximum absolute atomic E-state index is 13.5. The molecule has 0 bridgehead atoms. The van der Waals surface area contributed by atoms with Crippen molar-refractivity contribution in [3.05, 3.63) is 35.6 Å². The van der Waals surface area contributed by atoms with Gasteiger partial charge in [-0.2, -0.15) is 0 Å². The fourth-order valence-corrected chi connectivity index (χ4v) is 1.64. The van der Waals surface area contributed by atoms with Crippen LogP contribution in [0.1, 0.15) is 31.9 Å². The van der Waals surface area contributed by atoms with Crippen LogP contribution in [0.5, 0.6) is 0 Å². The lowest BCUT2D eigenvalue weighted by atomic mass is 10.0. The average Bonchev–Trinajstić information content (AvgIpc) is 2.36. The Balaban J connectivity index is 2.57. The van der Waals surface area contributed by atoms with Crippen molar-refractivity contribution in [3.8, 4) is 0 Å². The van der Waals surface area contributed by atoms with E-state index in [1.807, 2.05) is 25.8 Å². The van der Waals surface area contributed by atoms with Crippen LogP contribution >= 0.6 is 0 Å². The first kappa shape index (κ1) is 15.1. The third kappa shape index (κ3) is 3.77. The maximum Gasteiger partial charge on any atom is 0.128 e. The highest BCUT2D eigenvalue weighted by Crippen LogP contribution is 2.21. The predicted octanol–water partition coefficient (Wildman–Crippen LogP) is 1.95. The van der Waals surface area contributed by atoms with Crippen molar-refractivity contribution in [1.29, 1.82) is 0 Å². The third-order valence-corrected chi connectivity index (χ3v) is 3.42. The molecule has 1 aromatic rings. The summed E-state index contributed by atoms with van der Waals surface area (Å²) in [5.41, 5.74) is -0.0118. The van der Waals surface area contributed by atoms with Gasteiger partial charge in [-0.15, -0.1) is 0 Å². The Kier molecular flexibility index (Phi) is 5.26. The Bertz CT molecular complexity index is 382. The summed E-state index contributed by atoms with van der Waals surface area (Å²) in [5, 5.41) is 19.2. The van der Waals surface area contributed by atoms with Crippen LogP contribution in [0.2, 0.25) is 0 Å². The minimum absolute atomic E-state index is 0.0410. The van der Waals surface area contributed by atoms with Gasteiger partial charge in [0.15, 0.2) is 0 Å². The Morgan fingerprint density at radius 3 is 2.50 bits per heavy atom. The van der Waals surface area contributed by atoms with Crippen molar-refractivity contribution in [2.24, 2.45) is 0 Å².